The molecule has 0 spiro atoms. The van der Waals surface area contributed by atoms with E-state index in [0.29, 0.717) is 11.8 Å². The highest BCUT2D eigenvalue weighted by Gasteiger charge is 2.12. The van der Waals surface area contributed by atoms with E-state index in [0.717, 1.165) is 30.2 Å². The van der Waals surface area contributed by atoms with E-state index in [1.165, 1.54) is 25.5 Å². The van der Waals surface area contributed by atoms with E-state index in [9.17, 15) is 4.79 Å². The van der Waals surface area contributed by atoms with Crippen LogP contribution in [-0.4, -0.2) is 29.0 Å². The van der Waals surface area contributed by atoms with E-state index < -0.39 is 0 Å². The maximum Gasteiger partial charge on any atom is 0.229 e. The SMILES string of the molecule is CC(=O)Nc1cccc(Nc2ccnc(Nc3ccc(N4CCCC4)cc3)n2)c1. The van der Waals surface area contributed by atoms with Gasteiger partial charge in [-0.05, 0) is 61.4 Å². The summed E-state index contributed by atoms with van der Waals surface area (Å²) in [6.45, 7) is 3.75. The van der Waals surface area contributed by atoms with Crippen LogP contribution in [0.15, 0.2) is 60.8 Å². The van der Waals surface area contributed by atoms with E-state index in [4.69, 9.17) is 0 Å². The Morgan fingerprint density at radius 1 is 0.931 bits per heavy atom. The molecule has 0 radical (unpaired) electrons. The van der Waals surface area contributed by atoms with Gasteiger partial charge in [-0.25, -0.2) is 4.98 Å². The first-order valence-electron chi connectivity index (χ1n) is 9.75. The first-order valence-corrected chi connectivity index (χ1v) is 9.75. The van der Waals surface area contributed by atoms with Crippen molar-refractivity contribution in [1.29, 1.82) is 0 Å². The maximum absolute atomic E-state index is 11.2. The van der Waals surface area contributed by atoms with Crippen molar-refractivity contribution in [3.8, 4) is 0 Å². The van der Waals surface area contributed by atoms with E-state index in [-0.39, 0.29) is 5.91 Å². The first kappa shape index (κ1) is 18.7. The number of hydrogen-bond donors (Lipinski definition) is 3. The van der Waals surface area contributed by atoms with E-state index in [1.807, 2.05) is 36.4 Å². The van der Waals surface area contributed by atoms with Crippen LogP contribution < -0.4 is 20.9 Å². The monoisotopic (exact) mass is 388 g/mol. The number of rotatable bonds is 6. The van der Waals surface area contributed by atoms with Crippen LogP contribution in [0.25, 0.3) is 0 Å². The molecule has 1 aliphatic heterocycles. The second-order valence-electron chi connectivity index (χ2n) is 7.02. The Kier molecular flexibility index (Phi) is 5.56. The molecule has 1 amide bonds. The fourth-order valence-corrected chi connectivity index (χ4v) is 3.37. The average molecular weight is 388 g/mol. The molecule has 3 N–H and O–H groups in total. The smallest absolute Gasteiger partial charge is 0.229 e. The van der Waals surface area contributed by atoms with Gasteiger partial charge >= 0.3 is 0 Å². The van der Waals surface area contributed by atoms with E-state index in [2.05, 4.69) is 43.0 Å². The molecule has 0 bridgehead atoms. The molecule has 7 nitrogen and oxygen atoms in total. The van der Waals surface area contributed by atoms with Crippen LogP contribution in [0.3, 0.4) is 0 Å². The number of amides is 1. The quantitative estimate of drug-likeness (QED) is 0.576. The third-order valence-electron chi connectivity index (χ3n) is 4.71. The summed E-state index contributed by atoms with van der Waals surface area (Å²) in [6, 6.07) is 17.6. The summed E-state index contributed by atoms with van der Waals surface area (Å²) in [5.74, 6) is 1.07. The number of anilines is 6. The van der Waals surface area contributed by atoms with Crippen molar-refractivity contribution < 1.29 is 4.79 Å². The maximum atomic E-state index is 11.2. The minimum Gasteiger partial charge on any atom is -0.372 e. The zero-order chi connectivity index (χ0) is 20.1. The lowest BCUT2D eigenvalue weighted by Gasteiger charge is -2.17. The van der Waals surface area contributed by atoms with Crippen LogP contribution in [0.1, 0.15) is 19.8 Å². The second kappa shape index (κ2) is 8.60. The molecule has 2 heterocycles. The number of carbonyl (C=O) groups is 1. The highest BCUT2D eigenvalue weighted by Crippen LogP contribution is 2.24. The van der Waals surface area contributed by atoms with Gasteiger partial charge in [0.05, 0.1) is 0 Å². The molecule has 1 saturated heterocycles. The summed E-state index contributed by atoms with van der Waals surface area (Å²) in [5, 5.41) is 9.26. The molecule has 0 atom stereocenters. The molecule has 29 heavy (non-hydrogen) atoms. The van der Waals surface area contributed by atoms with Crippen molar-refractivity contribution >= 4 is 40.4 Å². The predicted molar refractivity (Wildman–Crippen MR) is 117 cm³/mol. The van der Waals surface area contributed by atoms with Crippen LogP contribution in [-0.2, 0) is 4.79 Å². The Labute approximate surface area is 170 Å². The summed E-state index contributed by atoms with van der Waals surface area (Å²) in [4.78, 5) is 22.5. The van der Waals surface area contributed by atoms with Crippen molar-refractivity contribution in [2.24, 2.45) is 0 Å². The molecule has 1 aromatic heterocycles. The van der Waals surface area contributed by atoms with Gasteiger partial charge in [0.15, 0.2) is 0 Å². The third-order valence-corrected chi connectivity index (χ3v) is 4.71. The van der Waals surface area contributed by atoms with Gasteiger partial charge in [0.1, 0.15) is 5.82 Å². The largest absolute Gasteiger partial charge is 0.372 e. The Morgan fingerprint density at radius 3 is 2.45 bits per heavy atom. The molecule has 1 fully saturated rings. The standard InChI is InChI=1S/C22H24N6O/c1-16(29)24-18-5-4-6-19(15-18)25-21-11-12-23-22(27-21)26-17-7-9-20(10-8-17)28-13-2-3-14-28/h4-12,15H,2-3,13-14H2,1H3,(H,24,29)(H2,23,25,26,27). The van der Waals surface area contributed by atoms with Gasteiger partial charge in [0.2, 0.25) is 11.9 Å². The van der Waals surface area contributed by atoms with Gasteiger partial charge in [0, 0.05) is 49.0 Å². The van der Waals surface area contributed by atoms with Crippen molar-refractivity contribution in [1.82, 2.24) is 9.97 Å². The Hall–Kier alpha value is -3.61. The van der Waals surface area contributed by atoms with Gasteiger partial charge in [-0.15, -0.1) is 0 Å². The molecule has 0 saturated carbocycles. The number of carbonyl (C=O) groups excluding carboxylic acids is 1. The first-order chi connectivity index (χ1) is 14.2. The highest BCUT2D eigenvalue weighted by molar-refractivity contribution is 5.89. The number of aromatic nitrogens is 2. The van der Waals surface area contributed by atoms with Crippen LogP contribution in [0.2, 0.25) is 0 Å². The van der Waals surface area contributed by atoms with Gasteiger partial charge in [-0.3, -0.25) is 4.79 Å². The molecule has 4 rings (SSSR count). The summed E-state index contributed by atoms with van der Waals surface area (Å²) >= 11 is 0. The van der Waals surface area contributed by atoms with Crippen LogP contribution in [0, 0.1) is 0 Å². The van der Waals surface area contributed by atoms with Crippen LogP contribution >= 0.6 is 0 Å². The van der Waals surface area contributed by atoms with E-state index in [1.54, 1.807) is 12.3 Å². The van der Waals surface area contributed by atoms with Crippen LogP contribution in [0.4, 0.5) is 34.5 Å². The highest BCUT2D eigenvalue weighted by atomic mass is 16.1. The molecule has 0 aliphatic carbocycles. The van der Waals surface area contributed by atoms with Crippen LogP contribution in [0.5, 0.6) is 0 Å². The summed E-state index contributed by atoms with van der Waals surface area (Å²) in [5.41, 5.74) is 3.75. The summed E-state index contributed by atoms with van der Waals surface area (Å²) in [7, 11) is 0. The molecule has 3 aromatic rings. The molecule has 148 valence electrons. The second-order valence-corrected chi connectivity index (χ2v) is 7.02. The van der Waals surface area contributed by atoms with Gasteiger partial charge < -0.3 is 20.9 Å². The number of benzene rings is 2. The Balaban J connectivity index is 1.43. The fourth-order valence-electron chi connectivity index (χ4n) is 3.37. The van der Waals surface area contributed by atoms with Crippen molar-refractivity contribution in [2.75, 3.05) is 33.9 Å². The van der Waals surface area contributed by atoms with E-state index >= 15 is 0 Å². The molecule has 2 aromatic carbocycles. The molecule has 7 heteroatoms. The number of nitrogens with one attached hydrogen (secondary N) is 3. The topological polar surface area (TPSA) is 82.2 Å². The zero-order valence-corrected chi connectivity index (χ0v) is 16.4. The van der Waals surface area contributed by atoms with Crippen molar-refractivity contribution in [3.63, 3.8) is 0 Å². The normalized spacial score (nSPS) is 13.2. The minimum absolute atomic E-state index is 0.105. The van der Waals surface area contributed by atoms with Crippen molar-refractivity contribution in [3.05, 3.63) is 60.8 Å². The Bertz CT molecular complexity index is 983. The molecule has 1 aliphatic rings. The molecular weight excluding hydrogens is 364 g/mol. The zero-order valence-electron chi connectivity index (χ0n) is 16.4. The lowest BCUT2D eigenvalue weighted by molar-refractivity contribution is -0.114. The average Bonchev–Trinajstić information content (AvgIpc) is 3.23. The van der Waals surface area contributed by atoms with Gasteiger partial charge in [0.25, 0.3) is 0 Å². The predicted octanol–water partition coefficient (Wildman–Crippen LogP) is 4.52. The van der Waals surface area contributed by atoms with Gasteiger partial charge in [-0.1, -0.05) is 6.07 Å². The summed E-state index contributed by atoms with van der Waals surface area (Å²) < 4.78 is 0. The lowest BCUT2D eigenvalue weighted by atomic mass is 10.2. The minimum atomic E-state index is -0.105. The van der Waals surface area contributed by atoms with Crippen molar-refractivity contribution in [2.45, 2.75) is 19.8 Å². The fraction of sp³-hybridized carbons (Fsp3) is 0.227. The summed E-state index contributed by atoms with van der Waals surface area (Å²) in [6.07, 6.45) is 4.23. The Morgan fingerprint density at radius 2 is 1.69 bits per heavy atom. The number of nitrogens with zero attached hydrogens (tertiary/aromatic N) is 3. The molecular formula is C22H24N6O. The molecule has 0 unspecified atom stereocenters. The lowest BCUT2D eigenvalue weighted by Crippen LogP contribution is -2.17. The third kappa shape index (κ3) is 5.01. The van der Waals surface area contributed by atoms with Gasteiger partial charge in [-0.2, -0.15) is 4.98 Å². The number of hydrogen-bond acceptors (Lipinski definition) is 6.